The maximum absolute atomic E-state index is 13.6. The van der Waals surface area contributed by atoms with Gasteiger partial charge in [-0.25, -0.2) is 4.79 Å². The average Bonchev–Trinajstić information content (AvgIpc) is 3.38. The van der Waals surface area contributed by atoms with E-state index >= 15 is 0 Å². The van der Waals surface area contributed by atoms with Gasteiger partial charge >= 0.3 is 47.8 Å². The van der Waals surface area contributed by atoms with Crippen molar-refractivity contribution in [2.24, 2.45) is 0 Å². The number of methoxy groups -OCH3 is 4. The summed E-state index contributed by atoms with van der Waals surface area (Å²) >= 11 is 0. The van der Waals surface area contributed by atoms with E-state index in [2.05, 4.69) is 41.6 Å². The molecule has 0 aromatic heterocycles. The number of aryl methyl sites for hydroxylation is 5. The second-order valence-electron chi connectivity index (χ2n) is 18.7. The number of carbonyl (C=O) groups is 2. The first-order valence-corrected chi connectivity index (χ1v) is 25.1. The molecule has 0 aliphatic rings. The van der Waals surface area contributed by atoms with Crippen molar-refractivity contribution in [2.45, 2.75) is 141 Å². The summed E-state index contributed by atoms with van der Waals surface area (Å²) in [5.74, 6) is 5.99. The Balaban J connectivity index is 0.000000420. The molecule has 8 nitrogen and oxygen atoms in total. The maximum Gasteiger partial charge on any atom is 0.438 e. The average molecular weight is 1140 g/mol. The fraction of sp³-hybridized carbons (Fsp3) is 0.467. The van der Waals surface area contributed by atoms with Crippen LogP contribution in [0.15, 0.2) is 78.9 Å². The lowest BCUT2D eigenvalue weighted by molar-refractivity contribution is -0.368. The van der Waals surface area contributed by atoms with E-state index in [1.54, 1.807) is 44.2 Å². The molecule has 0 fully saturated rings. The van der Waals surface area contributed by atoms with Gasteiger partial charge in [0, 0.05) is 48.7 Å². The molecule has 0 radical (unpaired) electrons. The van der Waals surface area contributed by atoms with Gasteiger partial charge in [-0.2, -0.15) is 52.7 Å². The summed E-state index contributed by atoms with van der Waals surface area (Å²) in [6.07, 6.45) is -17.0. The van der Waals surface area contributed by atoms with Gasteiger partial charge in [-0.3, -0.25) is 4.79 Å². The predicted molar refractivity (Wildman–Crippen MR) is 278 cm³/mol. The van der Waals surface area contributed by atoms with Crippen molar-refractivity contribution >= 4 is 18.0 Å². The van der Waals surface area contributed by atoms with E-state index in [1.807, 2.05) is 71.9 Å². The quantitative estimate of drug-likeness (QED) is 0.0302. The highest BCUT2D eigenvalue weighted by atomic mass is 19.4. The molecule has 438 valence electrons. The van der Waals surface area contributed by atoms with Crippen LogP contribution in [-0.4, -0.2) is 89.9 Å². The minimum Gasteiger partial charge on any atom is -0.469 e. The molecular formula is C60H66F12O8. The summed E-state index contributed by atoms with van der Waals surface area (Å²) in [7, 11) is 4.46. The van der Waals surface area contributed by atoms with E-state index in [0.29, 0.717) is 43.2 Å². The molecule has 4 aromatic carbocycles. The summed E-state index contributed by atoms with van der Waals surface area (Å²) in [4.78, 5) is 23.0. The van der Waals surface area contributed by atoms with E-state index in [1.165, 1.54) is 44.3 Å². The zero-order valence-electron chi connectivity index (χ0n) is 46.5. The molecule has 0 N–H and O–H groups in total. The molecule has 20 heteroatoms. The zero-order chi connectivity index (χ0) is 60.7. The highest BCUT2D eigenvalue weighted by molar-refractivity contribution is 5.87. The highest BCUT2D eigenvalue weighted by Crippen LogP contribution is 2.48. The van der Waals surface area contributed by atoms with Gasteiger partial charge in [0.25, 0.3) is 0 Å². The second kappa shape index (κ2) is 27.9. The Bertz CT molecular complexity index is 2880. The van der Waals surface area contributed by atoms with Gasteiger partial charge in [0.2, 0.25) is 0 Å². The van der Waals surface area contributed by atoms with Gasteiger partial charge in [-0.15, -0.1) is 0 Å². The van der Waals surface area contributed by atoms with Crippen molar-refractivity contribution in [3.05, 3.63) is 146 Å². The fourth-order valence-corrected chi connectivity index (χ4v) is 9.28. The Kier molecular flexibility index (Phi) is 23.7. The maximum atomic E-state index is 13.6. The third kappa shape index (κ3) is 15.2. The Labute approximate surface area is 459 Å². The molecular weight excluding hydrogens is 1080 g/mol. The normalized spacial score (nSPS) is 12.7. The van der Waals surface area contributed by atoms with Gasteiger partial charge in [-0.05, 0) is 145 Å². The molecule has 80 heavy (non-hydrogen) atoms. The number of ether oxygens (including phenoxy) is 6. The Morgan fingerprint density at radius 3 is 1.16 bits per heavy atom. The van der Waals surface area contributed by atoms with Crippen molar-refractivity contribution in [3.63, 3.8) is 0 Å². The molecule has 4 aromatic rings. The number of carbonyl (C=O) groups excluding carboxylic acids is 2. The lowest BCUT2D eigenvalue weighted by Crippen LogP contribution is -2.58. The first-order valence-electron chi connectivity index (χ1n) is 25.1. The number of hydrogen-bond acceptors (Lipinski definition) is 8. The summed E-state index contributed by atoms with van der Waals surface area (Å²) in [5, 5.41) is 0. The number of halogens is 12. The van der Waals surface area contributed by atoms with E-state index in [-0.39, 0.29) is 23.5 Å². The lowest BCUT2D eigenvalue weighted by atomic mass is 9.69. The topological polar surface area (TPSA) is 89.5 Å². The third-order valence-electron chi connectivity index (χ3n) is 14.2. The van der Waals surface area contributed by atoms with Gasteiger partial charge in [0.05, 0.1) is 14.2 Å². The summed E-state index contributed by atoms with van der Waals surface area (Å²) in [5.41, 5.74) is -2.09. The summed E-state index contributed by atoms with van der Waals surface area (Å²) in [6.45, 7) is 12.6. The predicted octanol–water partition coefficient (Wildman–Crippen LogP) is 14.8. The van der Waals surface area contributed by atoms with Gasteiger partial charge < -0.3 is 28.4 Å². The van der Waals surface area contributed by atoms with Crippen LogP contribution in [0.25, 0.3) is 6.08 Å². The largest absolute Gasteiger partial charge is 0.469 e. The number of hydrogen-bond donors (Lipinski definition) is 0. The molecule has 0 amide bonds. The lowest BCUT2D eigenvalue weighted by Gasteiger charge is -2.34. The first kappa shape index (κ1) is 68.0. The SMILES string of the molecule is CCC(CC)(c1ccc(C#CC(OCOC)(C(F)(F)F)C(F)(F)F)c(C)c1)c1ccc(/C=C/C(=O)OC)c(C)c1.CCC(CC)(c1ccc(C#CC(OCOC)(C(F)(F)F)C(F)(F)F)c(C)c1)c1ccc(CCC(=O)OC)c(C)c1. The molecule has 0 bridgehead atoms. The Morgan fingerprint density at radius 2 is 0.850 bits per heavy atom. The minimum atomic E-state index is -5.86. The van der Waals surface area contributed by atoms with E-state index < -0.39 is 66.3 Å². The molecule has 0 spiro atoms. The van der Waals surface area contributed by atoms with Crippen LogP contribution in [0.4, 0.5) is 52.7 Å². The van der Waals surface area contributed by atoms with Gasteiger partial charge in [-0.1, -0.05) is 100 Å². The number of alkyl halides is 12. The summed E-state index contributed by atoms with van der Waals surface area (Å²) < 4.78 is 190. The zero-order valence-corrected chi connectivity index (χ0v) is 46.5. The van der Waals surface area contributed by atoms with Crippen LogP contribution < -0.4 is 0 Å². The monoisotopic (exact) mass is 1140 g/mol. The smallest absolute Gasteiger partial charge is 0.438 e. The highest BCUT2D eigenvalue weighted by Gasteiger charge is 2.73. The molecule has 0 saturated heterocycles. The van der Waals surface area contributed by atoms with E-state index in [0.717, 1.165) is 58.7 Å². The number of benzene rings is 4. The van der Waals surface area contributed by atoms with Crippen LogP contribution in [0, 0.1) is 51.4 Å². The second-order valence-corrected chi connectivity index (χ2v) is 18.7. The molecule has 0 heterocycles. The van der Waals surface area contributed by atoms with Crippen LogP contribution in [0.5, 0.6) is 0 Å². The van der Waals surface area contributed by atoms with Crippen molar-refractivity contribution in [3.8, 4) is 23.7 Å². The molecule has 0 atom stereocenters. The molecule has 0 aliphatic carbocycles. The van der Waals surface area contributed by atoms with Crippen molar-refractivity contribution in [1.29, 1.82) is 0 Å². The summed E-state index contributed by atoms with van der Waals surface area (Å²) in [6, 6.07) is 21.5. The van der Waals surface area contributed by atoms with Gasteiger partial charge in [0.1, 0.15) is 13.6 Å². The number of rotatable bonds is 19. The molecule has 0 aliphatic heterocycles. The van der Waals surface area contributed by atoms with Crippen LogP contribution >= 0.6 is 0 Å². The fourth-order valence-electron chi connectivity index (χ4n) is 9.28. The van der Waals surface area contributed by atoms with Crippen molar-refractivity contribution in [1.82, 2.24) is 0 Å². The van der Waals surface area contributed by atoms with Crippen LogP contribution in [0.3, 0.4) is 0 Å². The Morgan fingerprint density at radius 1 is 0.487 bits per heavy atom. The third-order valence-corrected chi connectivity index (χ3v) is 14.2. The number of esters is 2. The first-order chi connectivity index (χ1) is 37.2. The van der Waals surface area contributed by atoms with Crippen LogP contribution in [-0.2, 0) is 55.3 Å². The van der Waals surface area contributed by atoms with Crippen LogP contribution in [0.1, 0.15) is 127 Å². The van der Waals surface area contributed by atoms with E-state index in [9.17, 15) is 62.3 Å². The standard InChI is InChI=1S/C30H34F6O4.C30H32F6O4/c2*1-7-27(8-2,24-12-9-22(20(3)17-24)11-14-26(37)39-6)25-13-10-23(21(4)18-25)15-16-28(29(31,32)33,30(34,35)36)40-19-38-5/h9-10,12-13,17-18H,7-8,11,14,19H2,1-6H3;9-14,17-18H,7-8,19H2,1-6H3/b;14-11+. The van der Waals surface area contributed by atoms with E-state index in [4.69, 9.17) is 4.74 Å². The van der Waals surface area contributed by atoms with Gasteiger partial charge in [0.15, 0.2) is 0 Å². The molecule has 4 rings (SSSR count). The molecule has 0 saturated carbocycles. The minimum absolute atomic E-state index is 0.00299. The molecule has 0 unspecified atom stereocenters. The Hall–Kier alpha value is -6.32. The van der Waals surface area contributed by atoms with Crippen molar-refractivity contribution < 1.29 is 90.7 Å². The van der Waals surface area contributed by atoms with Crippen LogP contribution in [0.2, 0.25) is 0 Å². The van der Waals surface area contributed by atoms with Crippen molar-refractivity contribution in [2.75, 3.05) is 42.0 Å².